The summed E-state index contributed by atoms with van der Waals surface area (Å²) in [5, 5.41) is 3.17. The molecule has 0 aliphatic heterocycles. The lowest BCUT2D eigenvalue weighted by Gasteiger charge is -2.08. The van der Waals surface area contributed by atoms with E-state index in [0.717, 1.165) is 10.4 Å². The molecule has 0 saturated carbocycles. The lowest BCUT2D eigenvalue weighted by molar-refractivity contribution is -0.118. The number of rotatable bonds is 5. The van der Waals surface area contributed by atoms with Crippen molar-refractivity contribution >= 4 is 28.2 Å². The van der Waals surface area contributed by atoms with E-state index in [2.05, 4.69) is 10.7 Å². The Labute approximate surface area is 132 Å². The lowest BCUT2D eigenvalue weighted by atomic mass is 10.1. The maximum Gasteiger partial charge on any atom is 0.268 e. The highest BCUT2D eigenvalue weighted by molar-refractivity contribution is 7.16. The number of para-hydroxylation sites is 1. The smallest absolute Gasteiger partial charge is 0.268 e. The molecule has 2 amide bonds. The highest BCUT2D eigenvalue weighted by Gasteiger charge is 2.20. The molecule has 116 valence electrons. The summed E-state index contributed by atoms with van der Waals surface area (Å²) in [4.78, 5) is 24.7. The van der Waals surface area contributed by atoms with E-state index >= 15 is 0 Å². The van der Waals surface area contributed by atoms with Gasteiger partial charge in [-0.1, -0.05) is 18.2 Å². The molecule has 0 fully saturated rings. The second-order valence-electron chi connectivity index (χ2n) is 4.61. The van der Waals surface area contributed by atoms with Gasteiger partial charge in [0.25, 0.3) is 11.8 Å². The summed E-state index contributed by atoms with van der Waals surface area (Å²) in [6.45, 7) is 3.56. The van der Waals surface area contributed by atoms with Gasteiger partial charge in [0.05, 0.1) is 5.56 Å². The maximum atomic E-state index is 12.0. The second kappa shape index (κ2) is 7.06. The SMILES string of the molecule is Cc1sc(NC(=O)COc2ccccc2)c(C(=O)NN)c1C. The molecule has 0 unspecified atom stereocenters. The zero-order valence-electron chi connectivity index (χ0n) is 12.3. The zero-order valence-corrected chi connectivity index (χ0v) is 13.1. The maximum absolute atomic E-state index is 12.0. The number of hydrogen-bond donors (Lipinski definition) is 3. The van der Waals surface area contributed by atoms with Crippen molar-refractivity contribution in [2.45, 2.75) is 13.8 Å². The minimum absolute atomic E-state index is 0.135. The number of amides is 2. The number of thiophene rings is 1. The van der Waals surface area contributed by atoms with Gasteiger partial charge in [0.2, 0.25) is 0 Å². The number of nitrogen functional groups attached to an aromatic ring is 1. The van der Waals surface area contributed by atoms with Gasteiger partial charge >= 0.3 is 0 Å². The second-order valence-corrected chi connectivity index (χ2v) is 5.84. The Bertz CT molecular complexity index is 683. The van der Waals surface area contributed by atoms with Crippen LogP contribution >= 0.6 is 11.3 Å². The molecule has 4 N–H and O–H groups in total. The topological polar surface area (TPSA) is 93.4 Å². The van der Waals surface area contributed by atoms with Crippen LogP contribution in [0.15, 0.2) is 30.3 Å². The summed E-state index contributed by atoms with van der Waals surface area (Å²) in [7, 11) is 0. The Balaban J connectivity index is 2.05. The van der Waals surface area contributed by atoms with Crippen molar-refractivity contribution in [1.82, 2.24) is 5.43 Å². The number of anilines is 1. The minimum atomic E-state index is -0.430. The molecule has 7 heteroatoms. The van der Waals surface area contributed by atoms with E-state index in [0.29, 0.717) is 16.3 Å². The van der Waals surface area contributed by atoms with Crippen LogP contribution in [0, 0.1) is 13.8 Å². The molecule has 1 aromatic heterocycles. The highest BCUT2D eigenvalue weighted by Crippen LogP contribution is 2.32. The molecule has 0 aliphatic carbocycles. The molecule has 0 atom stereocenters. The molecule has 0 spiro atoms. The predicted octanol–water partition coefficient (Wildman–Crippen LogP) is 1.99. The van der Waals surface area contributed by atoms with Crippen molar-refractivity contribution in [1.29, 1.82) is 0 Å². The number of benzene rings is 1. The molecule has 22 heavy (non-hydrogen) atoms. The van der Waals surface area contributed by atoms with Crippen LogP contribution in [0.4, 0.5) is 5.00 Å². The number of nitrogens with two attached hydrogens (primary N) is 1. The molecule has 0 aliphatic rings. The Kier molecular flexibility index (Phi) is 5.13. The fourth-order valence-electron chi connectivity index (χ4n) is 1.89. The van der Waals surface area contributed by atoms with Crippen LogP contribution < -0.4 is 21.3 Å². The summed E-state index contributed by atoms with van der Waals surface area (Å²) in [6, 6.07) is 9.04. The Morgan fingerprint density at radius 1 is 1.23 bits per heavy atom. The molecule has 6 nitrogen and oxygen atoms in total. The van der Waals surface area contributed by atoms with Crippen molar-refractivity contribution in [2.75, 3.05) is 11.9 Å². The van der Waals surface area contributed by atoms with Crippen molar-refractivity contribution in [3.05, 3.63) is 46.3 Å². The van der Waals surface area contributed by atoms with E-state index in [1.807, 2.05) is 32.0 Å². The van der Waals surface area contributed by atoms with Crippen LogP contribution in [0.2, 0.25) is 0 Å². The Hall–Kier alpha value is -2.38. The molecule has 1 heterocycles. The third-order valence-electron chi connectivity index (χ3n) is 3.11. The summed E-state index contributed by atoms with van der Waals surface area (Å²) in [5.74, 6) is 5.03. The van der Waals surface area contributed by atoms with E-state index in [1.165, 1.54) is 11.3 Å². The van der Waals surface area contributed by atoms with Crippen molar-refractivity contribution in [3.63, 3.8) is 0 Å². The first-order valence-electron chi connectivity index (χ1n) is 6.61. The fourth-order valence-corrected chi connectivity index (χ4v) is 2.96. The van der Waals surface area contributed by atoms with Gasteiger partial charge in [-0.3, -0.25) is 15.0 Å². The molecule has 0 radical (unpaired) electrons. The number of ether oxygens (including phenoxy) is 1. The van der Waals surface area contributed by atoms with E-state index in [1.54, 1.807) is 12.1 Å². The first kappa shape index (κ1) is 16.0. The monoisotopic (exact) mass is 319 g/mol. The summed E-state index contributed by atoms with van der Waals surface area (Å²) < 4.78 is 5.37. The number of nitrogens with one attached hydrogen (secondary N) is 2. The molecule has 1 aromatic carbocycles. The van der Waals surface area contributed by atoms with Crippen molar-refractivity contribution < 1.29 is 14.3 Å². The first-order chi connectivity index (χ1) is 10.5. The third kappa shape index (κ3) is 3.63. The van der Waals surface area contributed by atoms with Crippen LogP contribution in [0.5, 0.6) is 5.75 Å². The van der Waals surface area contributed by atoms with Gasteiger partial charge in [-0.25, -0.2) is 5.84 Å². The molecular weight excluding hydrogens is 302 g/mol. The van der Waals surface area contributed by atoms with E-state index < -0.39 is 5.91 Å². The highest BCUT2D eigenvalue weighted by atomic mass is 32.1. The van der Waals surface area contributed by atoms with Gasteiger partial charge in [0, 0.05) is 4.88 Å². The average molecular weight is 319 g/mol. The van der Waals surface area contributed by atoms with Gasteiger partial charge in [0.15, 0.2) is 6.61 Å². The lowest BCUT2D eigenvalue weighted by Crippen LogP contribution is -2.31. The third-order valence-corrected chi connectivity index (χ3v) is 4.23. The number of hydrazine groups is 1. The summed E-state index contributed by atoms with van der Waals surface area (Å²) in [5.41, 5.74) is 3.28. The van der Waals surface area contributed by atoms with Crippen molar-refractivity contribution in [3.8, 4) is 5.75 Å². The van der Waals surface area contributed by atoms with Crippen LogP contribution in [0.25, 0.3) is 0 Å². The van der Waals surface area contributed by atoms with Crippen LogP contribution in [-0.4, -0.2) is 18.4 Å². The standard InChI is InChI=1S/C15H17N3O3S/c1-9-10(2)22-15(13(9)14(20)18-16)17-12(19)8-21-11-6-4-3-5-7-11/h3-7H,8,16H2,1-2H3,(H,17,19)(H,18,20). The Morgan fingerprint density at radius 3 is 2.55 bits per heavy atom. The predicted molar refractivity (Wildman–Crippen MR) is 86.0 cm³/mol. The number of aryl methyl sites for hydroxylation is 1. The van der Waals surface area contributed by atoms with E-state index in [4.69, 9.17) is 10.6 Å². The first-order valence-corrected chi connectivity index (χ1v) is 7.43. The molecular formula is C15H17N3O3S. The van der Waals surface area contributed by atoms with Crippen LogP contribution in [-0.2, 0) is 4.79 Å². The minimum Gasteiger partial charge on any atom is -0.484 e. The summed E-state index contributed by atoms with van der Waals surface area (Å²) >= 11 is 1.33. The largest absolute Gasteiger partial charge is 0.484 e. The fraction of sp³-hybridized carbons (Fsp3) is 0.200. The molecule has 2 rings (SSSR count). The number of hydrogen-bond acceptors (Lipinski definition) is 5. The summed E-state index contributed by atoms with van der Waals surface area (Å²) in [6.07, 6.45) is 0. The van der Waals surface area contributed by atoms with Gasteiger partial charge in [0.1, 0.15) is 10.8 Å². The molecule has 2 aromatic rings. The van der Waals surface area contributed by atoms with Gasteiger partial charge in [-0.15, -0.1) is 11.3 Å². The van der Waals surface area contributed by atoms with Crippen molar-refractivity contribution in [2.24, 2.45) is 5.84 Å². The quantitative estimate of drug-likeness (QED) is 0.446. The van der Waals surface area contributed by atoms with E-state index in [9.17, 15) is 9.59 Å². The normalized spacial score (nSPS) is 10.1. The number of carbonyl (C=O) groups excluding carboxylic acids is 2. The van der Waals surface area contributed by atoms with E-state index in [-0.39, 0.29) is 12.5 Å². The zero-order chi connectivity index (χ0) is 16.1. The van der Waals surface area contributed by atoms with Crippen LogP contribution in [0.1, 0.15) is 20.8 Å². The van der Waals surface area contributed by atoms with Crippen LogP contribution in [0.3, 0.4) is 0 Å². The number of carbonyl (C=O) groups is 2. The molecule has 0 bridgehead atoms. The van der Waals surface area contributed by atoms with Gasteiger partial charge < -0.3 is 10.1 Å². The molecule has 0 saturated heterocycles. The average Bonchev–Trinajstić information content (AvgIpc) is 2.80. The Morgan fingerprint density at radius 2 is 1.91 bits per heavy atom. The van der Waals surface area contributed by atoms with Gasteiger partial charge in [-0.05, 0) is 31.5 Å². The van der Waals surface area contributed by atoms with Gasteiger partial charge in [-0.2, -0.15) is 0 Å².